The van der Waals surface area contributed by atoms with Gasteiger partial charge in [0.05, 0.1) is 12.8 Å². The number of rotatable bonds is 4. The summed E-state index contributed by atoms with van der Waals surface area (Å²) in [6.07, 6.45) is 3.26. The van der Waals surface area contributed by atoms with Gasteiger partial charge in [-0.15, -0.1) is 0 Å². The quantitative estimate of drug-likeness (QED) is 0.856. The minimum atomic E-state index is -0.203. The molecule has 102 valence electrons. The molecule has 2 aromatic rings. The van der Waals surface area contributed by atoms with Crippen molar-refractivity contribution in [2.75, 3.05) is 12.4 Å². The lowest BCUT2D eigenvalue weighted by molar-refractivity contribution is -0.111. The van der Waals surface area contributed by atoms with Crippen LogP contribution in [0.1, 0.15) is 5.56 Å². The smallest absolute Gasteiger partial charge is 0.248 e. The van der Waals surface area contributed by atoms with E-state index in [-0.39, 0.29) is 5.91 Å². The maximum Gasteiger partial charge on any atom is 0.248 e. The SMILES string of the molecule is COc1ccc(Br)cc1NC(=O)C=Cc1ccccc1. The largest absolute Gasteiger partial charge is 0.495 e. The molecule has 0 atom stereocenters. The molecule has 20 heavy (non-hydrogen) atoms. The number of amides is 1. The molecule has 1 amide bonds. The summed E-state index contributed by atoms with van der Waals surface area (Å²) in [6, 6.07) is 15.1. The molecule has 0 aliphatic heterocycles. The second-order valence-corrected chi connectivity index (χ2v) is 4.99. The zero-order chi connectivity index (χ0) is 14.4. The summed E-state index contributed by atoms with van der Waals surface area (Å²) in [5, 5.41) is 2.79. The van der Waals surface area contributed by atoms with E-state index in [9.17, 15) is 4.79 Å². The van der Waals surface area contributed by atoms with Gasteiger partial charge in [-0.3, -0.25) is 4.79 Å². The van der Waals surface area contributed by atoms with E-state index >= 15 is 0 Å². The van der Waals surface area contributed by atoms with E-state index in [1.807, 2.05) is 36.4 Å². The van der Waals surface area contributed by atoms with Crippen molar-refractivity contribution < 1.29 is 9.53 Å². The molecule has 0 radical (unpaired) electrons. The Morgan fingerprint density at radius 1 is 1.20 bits per heavy atom. The van der Waals surface area contributed by atoms with Crippen LogP contribution in [0.25, 0.3) is 6.08 Å². The van der Waals surface area contributed by atoms with Gasteiger partial charge in [-0.25, -0.2) is 0 Å². The maximum atomic E-state index is 11.9. The maximum absolute atomic E-state index is 11.9. The highest BCUT2D eigenvalue weighted by atomic mass is 79.9. The molecule has 0 unspecified atom stereocenters. The highest BCUT2D eigenvalue weighted by Gasteiger charge is 2.05. The van der Waals surface area contributed by atoms with Gasteiger partial charge >= 0.3 is 0 Å². The standard InChI is InChI=1S/C16H14BrNO2/c1-20-15-9-8-13(17)11-14(15)18-16(19)10-7-12-5-3-2-4-6-12/h2-11H,1H3,(H,18,19). The van der Waals surface area contributed by atoms with E-state index in [1.54, 1.807) is 25.3 Å². The van der Waals surface area contributed by atoms with Crippen LogP contribution in [-0.4, -0.2) is 13.0 Å². The lowest BCUT2D eigenvalue weighted by Crippen LogP contribution is -2.08. The van der Waals surface area contributed by atoms with Gasteiger partial charge in [-0.2, -0.15) is 0 Å². The van der Waals surface area contributed by atoms with Gasteiger partial charge in [0, 0.05) is 10.5 Å². The Balaban J connectivity index is 2.08. The van der Waals surface area contributed by atoms with E-state index in [0.29, 0.717) is 11.4 Å². The van der Waals surface area contributed by atoms with E-state index < -0.39 is 0 Å². The summed E-state index contributed by atoms with van der Waals surface area (Å²) < 4.78 is 6.08. The number of benzene rings is 2. The van der Waals surface area contributed by atoms with E-state index in [0.717, 1.165) is 10.0 Å². The average Bonchev–Trinajstić information content (AvgIpc) is 2.46. The number of hydrogen-bond acceptors (Lipinski definition) is 2. The highest BCUT2D eigenvalue weighted by Crippen LogP contribution is 2.27. The first-order valence-corrected chi connectivity index (χ1v) is 6.86. The van der Waals surface area contributed by atoms with E-state index in [4.69, 9.17) is 4.74 Å². The van der Waals surface area contributed by atoms with Crippen LogP contribution < -0.4 is 10.1 Å². The van der Waals surface area contributed by atoms with Crippen molar-refractivity contribution >= 4 is 33.6 Å². The van der Waals surface area contributed by atoms with Crippen molar-refractivity contribution in [3.05, 3.63) is 64.6 Å². The molecule has 0 fully saturated rings. The van der Waals surface area contributed by atoms with Gasteiger partial charge in [-0.1, -0.05) is 46.3 Å². The van der Waals surface area contributed by atoms with E-state index in [1.165, 1.54) is 6.08 Å². The summed E-state index contributed by atoms with van der Waals surface area (Å²) >= 11 is 3.37. The Hall–Kier alpha value is -2.07. The predicted octanol–water partition coefficient (Wildman–Crippen LogP) is 4.11. The zero-order valence-electron chi connectivity index (χ0n) is 11.0. The zero-order valence-corrected chi connectivity index (χ0v) is 12.6. The molecule has 3 nitrogen and oxygen atoms in total. The normalized spacial score (nSPS) is 10.5. The molecule has 0 saturated heterocycles. The molecule has 2 aromatic carbocycles. The third-order valence-electron chi connectivity index (χ3n) is 2.65. The minimum Gasteiger partial charge on any atom is -0.495 e. The van der Waals surface area contributed by atoms with Crippen LogP contribution in [0.2, 0.25) is 0 Å². The fourth-order valence-electron chi connectivity index (χ4n) is 1.69. The Kier molecular flexibility index (Phi) is 4.96. The van der Waals surface area contributed by atoms with Gasteiger partial charge in [0.2, 0.25) is 5.91 Å². The van der Waals surface area contributed by atoms with Gasteiger partial charge in [0.25, 0.3) is 0 Å². The Labute approximate surface area is 126 Å². The van der Waals surface area contributed by atoms with Crippen LogP contribution in [0.5, 0.6) is 5.75 Å². The molecule has 1 N–H and O–H groups in total. The summed E-state index contributed by atoms with van der Waals surface area (Å²) in [4.78, 5) is 11.9. The molecule has 0 aliphatic carbocycles. The van der Waals surface area contributed by atoms with Crippen LogP contribution in [-0.2, 0) is 4.79 Å². The number of hydrogen-bond donors (Lipinski definition) is 1. The minimum absolute atomic E-state index is 0.203. The Morgan fingerprint density at radius 2 is 1.95 bits per heavy atom. The topological polar surface area (TPSA) is 38.3 Å². The van der Waals surface area contributed by atoms with Crippen molar-refractivity contribution in [2.45, 2.75) is 0 Å². The second-order valence-electron chi connectivity index (χ2n) is 4.08. The summed E-state index contributed by atoms with van der Waals surface area (Å²) in [5.74, 6) is 0.417. The molecule has 0 heterocycles. The van der Waals surface area contributed by atoms with Crippen LogP contribution in [0.3, 0.4) is 0 Å². The molecule has 4 heteroatoms. The number of carbonyl (C=O) groups is 1. The summed E-state index contributed by atoms with van der Waals surface area (Å²) in [6.45, 7) is 0. The van der Waals surface area contributed by atoms with Crippen molar-refractivity contribution in [3.8, 4) is 5.75 Å². The van der Waals surface area contributed by atoms with Crippen LogP contribution in [0, 0.1) is 0 Å². The number of methoxy groups -OCH3 is 1. The molecule has 0 spiro atoms. The average molecular weight is 332 g/mol. The molecule has 2 rings (SSSR count). The molecular weight excluding hydrogens is 318 g/mol. The van der Waals surface area contributed by atoms with E-state index in [2.05, 4.69) is 21.2 Å². The Bertz CT molecular complexity index is 624. The summed E-state index contributed by atoms with van der Waals surface area (Å²) in [5.41, 5.74) is 1.61. The van der Waals surface area contributed by atoms with Crippen molar-refractivity contribution in [3.63, 3.8) is 0 Å². The van der Waals surface area contributed by atoms with Crippen molar-refractivity contribution in [1.29, 1.82) is 0 Å². The Morgan fingerprint density at radius 3 is 2.65 bits per heavy atom. The number of anilines is 1. The first-order chi connectivity index (χ1) is 9.69. The molecular formula is C16H14BrNO2. The fourth-order valence-corrected chi connectivity index (χ4v) is 2.05. The van der Waals surface area contributed by atoms with Gasteiger partial charge in [-0.05, 0) is 29.8 Å². The van der Waals surface area contributed by atoms with Crippen molar-refractivity contribution in [2.24, 2.45) is 0 Å². The monoisotopic (exact) mass is 331 g/mol. The first kappa shape index (κ1) is 14.3. The predicted molar refractivity (Wildman–Crippen MR) is 84.8 cm³/mol. The molecule has 0 aromatic heterocycles. The third-order valence-corrected chi connectivity index (χ3v) is 3.14. The first-order valence-electron chi connectivity index (χ1n) is 6.06. The van der Waals surface area contributed by atoms with Crippen LogP contribution in [0.4, 0.5) is 5.69 Å². The number of ether oxygens (including phenoxy) is 1. The van der Waals surface area contributed by atoms with Gasteiger partial charge < -0.3 is 10.1 Å². The lowest BCUT2D eigenvalue weighted by Gasteiger charge is -2.09. The fraction of sp³-hybridized carbons (Fsp3) is 0.0625. The van der Waals surface area contributed by atoms with Crippen LogP contribution in [0.15, 0.2) is 59.1 Å². The highest BCUT2D eigenvalue weighted by molar-refractivity contribution is 9.10. The van der Waals surface area contributed by atoms with Gasteiger partial charge in [0.15, 0.2) is 0 Å². The third kappa shape index (κ3) is 3.96. The molecule has 0 bridgehead atoms. The lowest BCUT2D eigenvalue weighted by atomic mass is 10.2. The molecule has 0 saturated carbocycles. The number of halogens is 1. The number of nitrogens with one attached hydrogen (secondary N) is 1. The van der Waals surface area contributed by atoms with Crippen molar-refractivity contribution in [1.82, 2.24) is 0 Å². The number of carbonyl (C=O) groups excluding carboxylic acids is 1. The van der Waals surface area contributed by atoms with Crippen LogP contribution >= 0.6 is 15.9 Å². The summed E-state index contributed by atoms with van der Waals surface area (Å²) in [7, 11) is 1.57. The second kappa shape index (κ2) is 6.91. The molecule has 0 aliphatic rings. The van der Waals surface area contributed by atoms with Gasteiger partial charge in [0.1, 0.15) is 5.75 Å².